The highest BCUT2D eigenvalue weighted by atomic mass is 14.8. The Balaban J connectivity index is 2.38. The molecule has 3 unspecified atom stereocenters. The maximum atomic E-state index is 4.78. The minimum atomic E-state index is 0.475. The Morgan fingerprint density at radius 1 is 1.57 bits per heavy atom. The maximum absolute atomic E-state index is 4.78. The van der Waals surface area contributed by atoms with Crippen molar-refractivity contribution >= 4 is 5.71 Å². The Kier molecular flexibility index (Phi) is 4.37. The Morgan fingerprint density at radius 3 is 2.79 bits per heavy atom. The molecule has 1 saturated carbocycles. The third-order valence-electron chi connectivity index (χ3n) is 3.03. The number of hydrogen-bond acceptors (Lipinski definition) is 1. The summed E-state index contributed by atoms with van der Waals surface area (Å²) in [7, 11) is 0. The lowest BCUT2D eigenvalue weighted by Gasteiger charge is -2.11. The molecule has 0 amide bonds. The van der Waals surface area contributed by atoms with E-state index in [-0.39, 0.29) is 0 Å². The fourth-order valence-corrected chi connectivity index (χ4v) is 2.14. The minimum absolute atomic E-state index is 0.475. The molecule has 1 fully saturated rings. The first kappa shape index (κ1) is 11.5. The van der Waals surface area contributed by atoms with E-state index in [1.165, 1.54) is 25.0 Å². The molecule has 0 aromatic rings. The Bertz CT molecular complexity index is 217. The molecule has 0 spiro atoms. The van der Waals surface area contributed by atoms with E-state index in [0.717, 1.165) is 12.3 Å². The molecule has 0 saturated heterocycles. The summed E-state index contributed by atoms with van der Waals surface area (Å²) in [5, 5.41) is 0. The van der Waals surface area contributed by atoms with E-state index in [1.54, 1.807) is 0 Å². The van der Waals surface area contributed by atoms with Gasteiger partial charge in [-0.1, -0.05) is 19.9 Å². The summed E-state index contributed by atoms with van der Waals surface area (Å²) < 4.78 is 0. The molecule has 0 aromatic carbocycles. The smallest absolute Gasteiger partial charge is 0.0476 e. The summed E-state index contributed by atoms with van der Waals surface area (Å²) >= 11 is 0. The van der Waals surface area contributed by atoms with Gasteiger partial charge in [-0.15, -0.1) is 6.58 Å². The highest BCUT2D eigenvalue weighted by molar-refractivity contribution is 5.86. The van der Waals surface area contributed by atoms with Crippen molar-refractivity contribution in [1.29, 1.82) is 0 Å². The molecule has 3 atom stereocenters. The number of rotatable bonds is 4. The van der Waals surface area contributed by atoms with Crippen LogP contribution in [0, 0.1) is 11.8 Å². The molecule has 14 heavy (non-hydrogen) atoms. The van der Waals surface area contributed by atoms with E-state index < -0.39 is 0 Å². The maximum Gasteiger partial charge on any atom is 0.0476 e. The van der Waals surface area contributed by atoms with Crippen LogP contribution in [0.5, 0.6) is 0 Å². The zero-order valence-electron chi connectivity index (χ0n) is 9.79. The predicted octanol–water partition coefficient (Wildman–Crippen LogP) is 3.85. The van der Waals surface area contributed by atoms with Crippen molar-refractivity contribution in [2.24, 2.45) is 16.8 Å². The number of allylic oxidation sites excluding steroid dienone is 1. The molecule has 0 heterocycles. The van der Waals surface area contributed by atoms with Crippen molar-refractivity contribution in [3.63, 3.8) is 0 Å². The summed E-state index contributed by atoms with van der Waals surface area (Å²) in [5.41, 5.74) is 1.45. The zero-order chi connectivity index (χ0) is 10.6. The molecule has 0 radical (unpaired) electrons. The second-order valence-electron chi connectivity index (χ2n) is 4.84. The van der Waals surface area contributed by atoms with Crippen LogP contribution in [0.3, 0.4) is 0 Å². The van der Waals surface area contributed by atoms with Crippen molar-refractivity contribution in [2.75, 3.05) is 0 Å². The van der Waals surface area contributed by atoms with Gasteiger partial charge in [-0.3, -0.25) is 4.99 Å². The molecular weight excluding hydrogens is 170 g/mol. The number of hydrogen-bond donors (Lipinski definition) is 0. The van der Waals surface area contributed by atoms with Gasteiger partial charge in [0.2, 0.25) is 0 Å². The summed E-state index contributed by atoms with van der Waals surface area (Å²) in [6, 6.07) is 0.475. The molecule has 1 heteroatoms. The van der Waals surface area contributed by atoms with Gasteiger partial charge in [0.1, 0.15) is 0 Å². The topological polar surface area (TPSA) is 12.4 Å². The van der Waals surface area contributed by atoms with E-state index in [2.05, 4.69) is 27.4 Å². The van der Waals surface area contributed by atoms with Gasteiger partial charge < -0.3 is 0 Å². The summed E-state index contributed by atoms with van der Waals surface area (Å²) in [6.45, 7) is 10.6. The van der Waals surface area contributed by atoms with E-state index in [1.807, 2.05) is 6.08 Å². The average molecular weight is 193 g/mol. The van der Waals surface area contributed by atoms with Gasteiger partial charge >= 0.3 is 0 Å². The van der Waals surface area contributed by atoms with Crippen LogP contribution >= 0.6 is 0 Å². The van der Waals surface area contributed by atoms with Gasteiger partial charge in [0, 0.05) is 11.8 Å². The molecule has 1 rings (SSSR count). The van der Waals surface area contributed by atoms with E-state index in [0.29, 0.717) is 12.0 Å². The first-order valence-corrected chi connectivity index (χ1v) is 5.80. The van der Waals surface area contributed by atoms with Crippen LogP contribution in [0.15, 0.2) is 17.6 Å². The third-order valence-corrected chi connectivity index (χ3v) is 3.03. The normalized spacial score (nSPS) is 29.1. The number of aliphatic imine (C=N–C) groups is 1. The van der Waals surface area contributed by atoms with Gasteiger partial charge in [-0.2, -0.15) is 0 Å². The van der Waals surface area contributed by atoms with E-state index >= 15 is 0 Å². The van der Waals surface area contributed by atoms with Crippen LogP contribution in [0.1, 0.15) is 46.5 Å². The van der Waals surface area contributed by atoms with Crippen molar-refractivity contribution in [2.45, 2.75) is 52.5 Å². The quantitative estimate of drug-likeness (QED) is 0.601. The average Bonchev–Trinajstić information content (AvgIpc) is 2.50. The Morgan fingerprint density at radius 2 is 2.29 bits per heavy atom. The number of nitrogens with zero attached hydrogens (tertiary/aromatic N) is 1. The second-order valence-corrected chi connectivity index (χ2v) is 4.84. The molecule has 1 aliphatic rings. The SMILES string of the molecule is C=CC(C)CC(C)N=C1CCC(C)C1. The van der Waals surface area contributed by atoms with Crippen LogP contribution in [-0.4, -0.2) is 11.8 Å². The fourth-order valence-electron chi connectivity index (χ4n) is 2.14. The zero-order valence-corrected chi connectivity index (χ0v) is 9.79. The molecule has 0 aromatic heterocycles. The van der Waals surface area contributed by atoms with Crippen LogP contribution in [0.4, 0.5) is 0 Å². The van der Waals surface area contributed by atoms with Crippen molar-refractivity contribution in [3.8, 4) is 0 Å². The molecule has 0 aliphatic heterocycles. The second kappa shape index (κ2) is 5.33. The van der Waals surface area contributed by atoms with E-state index in [9.17, 15) is 0 Å². The third kappa shape index (κ3) is 3.65. The molecular formula is C13H23N. The van der Waals surface area contributed by atoms with Crippen LogP contribution in [-0.2, 0) is 0 Å². The minimum Gasteiger partial charge on any atom is -0.291 e. The van der Waals surface area contributed by atoms with Gasteiger partial charge in [-0.05, 0) is 44.4 Å². The van der Waals surface area contributed by atoms with Gasteiger partial charge in [0.05, 0.1) is 0 Å². The molecule has 0 bridgehead atoms. The highest BCUT2D eigenvalue weighted by Gasteiger charge is 2.17. The Hall–Kier alpha value is -0.590. The van der Waals surface area contributed by atoms with Crippen LogP contribution < -0.4 is 0 Å². The largest absolute Gasteiger partial charge is 0.291 e. The van der Waals surface area contributed by atoms with Crippen molar-refractivity contribution < 1.29 is 0 Å². The lowest BCUT2D eigenvalue weighted by molar-refractivity contribution is 0.563. The standard InChI is InChI=1S/C13H23N/c1-5-10(2)8-12(4)14-13-7-6-11(3)9-13/h5,10-12H,1,6-9H2,2-4H3. The summed E-state index contributed by atoms with van der Waals surface area (Å²) in [5.74, 6) is 1.45. The fraction of sp³-hybridized carbons (Fsp3) is 0.769. The van der Waals surface area contributed by atoms with E-state index in [4.69, 9.17) is 4.99 Å². The van der Waals surface area contributed by atoms with Gasteiger partial charge in [0.15, 0.2) is 0 Å². The lowest BCUT2D eigenvalue weighted by atomic mass is 10.0. The predicted molar refractivity (Wildman–Crippen MR) is 63.9 cm³/mol. The molecule has 80 valence electrons. The van der Waals surface area contributed by atoms with Gasteiger partial charge in [-0.25, -0.2) is 0 Å². The van der Waals surface area contributed by atoms with Crippen LogP contribution in [0.2, 0.25) is 0 Å². The first-order chi connectivity index (χ1) is 6.61. The lowest BCUT2D eigenvalue weighted by Crippen LogP contribution is -2.07. The van der Waals surface area contributed by atoms with Gasteiger partial charge in [0.25, 0.3) is 0 Å². The summed E-state index contributed by atoms with van der Waals surface area (Å²) in [4.78, 5) is 4.78. The molecule has 1 nitrogen and oxygen atoms in total. The molecule has 1 aliphatic carbocycles. The molecule has 0 N–H and O–H groups in total. The first-order valence-electron chi connectivity index (χ1n) is 5.80. The Labute approximate surface area is 88.3 Å². The van der Waals surface area contributed by atoms with Crippen molar-refractivity contribution in [3.05, 3.63) is 12.7 Å². The monoisotopic (exact) mass is 193 g/mol. The van der Waals surface area contributed by atoms with Crippen molar-refractivity contribution in [1.82, 2.24) is 0 Å². The summed E-state index contributed by atoms with van der Waals surface area (Å²) in [6.07, 6.45) is 6.96. The van der Waals surface area contributed by atoms with Crippen LogP contribution in [0.25, 0.3) is 0 Å². The highest BCUT2D eigenvalue weighted by Crippen LogP contribution is 2.23.